The Balaban J connectivity index is 5.21. The van der Waals surface area contributed by atoms with Crippen molar-refractivity contribution in [2.45, 2.75) is 123 Å². The highest BCUT2D eigenvalue weighted by molar-refractivity contribution is 5.93. The number of methoxy groups -OCH3 is 1. The van der Waals surface area contributed by atoms with Crippen molar-refractivity contribution >= 4 is 41.7 Å². The van der Waals surface area contributed by atoms with E-state index in [1.165, 1.54) is 14.0 Å². The van der Waals surface area contributed by atoms with Gasteiger partial charge in [-0.25, -0.2) is 9.59 Å². The molecule has 258 valence electrons. The fourth-order valence-electron chi connectivity index (χ4n) is 3.75. The van der Waals surface area contributed by atoms with Gasteiger partial charge in [0.05, 0.1) is 20.1 Å². The van der Waals surface area contributed by atoms with E-state index in [-0.39, 0.29) is 38.8 Å². The van der Waals surface area contributed by atoms with E-state index < -0.39 is 64.9 Å². The zero-order chi connectivity index (χ0) is 34.6. The highest BCUT2D eigenvalue weighted by Gasteiger charge is 2.26. The largest absolute Gasteiger partial charge is 0.469 e. The molecule has 0 aliphatic rings. The average Bonchev–Trinajstić information content (AvgIpc) is 2.90. The number of nitrogens with one attached hydrogen (secondary N) is 5. The van der Waals surface area contributed by atoms with Crippen LogP contribution in [0.3, 0.4) is 0 Å². The van der Waals surface area contributed by atoms with Gasteiger partial charge in [-0.2, -0.15) is 0 Å². The van der Waals surface area contributed by atoms with Crippen LogP contribution in [0, 0.1) is 0 Å². The standard InChI is InChI=1S/C30H53N5O10/c1-20(36)34-23(14-10-12-18-32-28(42)45-30(5,6)7)26(40)35-22(13-9-11-17-31-27(41)44-29(2,3)4)25(39)33-19-21(37)15-16-24(38)43-8/h22-23H,9-19H2,1-8H3,(H,31,41)(H,32,42)(H,33,39)(H,34,36)(H,35,40)/t22-,23-/m0/s1. The van der Waals surface area contributed by atoms with Gasteiger partial charge in [-0.15, -0.1) is 0 Å². The maximum Gasteiger partial charge on any atom is 0.407 e. The predicted molar refractivity (Wildman–Crippen MR) is 165 cm³/mol. The zero-order valence-corrected chi connectivity index (χ0v) is 28.0. The number of carbonyl (C=O) groups excluding carboxylic acids is 7. The van der Waals surface area contributed by atoms with E-state index in [0.717, 1.165) is 0 Å². The molecule has 0 aliphatic carbocycles. The van der Waals surface area contributed by atoms with E-state index in [9.17, 15) is 33.6 Å². The number of alkyl carbamates (subject to hydrolysis) is 2. The molecule has 0 aromatic carbocycles. The molecule has 2 atom stereocenters. The van der Waals surface area contributed by atoms with Crippen LogP contribution in [0.15, 0.2) is 0 Å². The average molecular weight is 644 g/mol. The Morgan fingerprint density at radius 2 is 1.09 bits per heavy atom. The van der Waals surface area contributed by atoms with Gasteiger partial charge >= 0.3 is 18.2 Å². The number of ether oxygens (including phenoxy) is 3. The smallest absolute Gasteiger partial charge is 0.407 e. The van der Waals surface area contributed by atoms with Gasteiger partial charge in [0.15, 0.2) is 5.78 Å². The Hall–Kier alpha value is -3.91. The van der Waals surface area contributed by atoms with Crippen LogP contribution in [0.4, 0.5) is 9.59 Å². The lowest BCUT2D eigenvalue weighted by molar-refractivity contribution is -0.141. The van der Waals surface area contributed by atoms with Gasteiger partial charge in [-0.05, 0) is 80.1 Å². The van der Waals surface area contributed by atoms with Crippen LogP contribution in [0.2, 0.25) is 0 Å². The lowest BCUT2D eigenvalue weighted by atomic mass is 10.1. The molecule has 0 aromatic rings. The van der Waals surface area contributed by atoms with Crippen molar-refractivity contribution in [3.8, 4) is 0 Å². The fraction of sp³-hybridized carbons (Fsp3) is 0.767. The quantitative estimate of drug-likeness (QED) is 0.0786. The second-order valence-electron chi connectivity index (χ2n) is 12.5. The third-order valence-corrected chi connectivity index (χ3v) is 5.80. The minimum absolute atomic E-state index is 0.117. The van der Waals surface area contributed by atoms with Crippen molar-refractivity contribution in [1.82, 2.24) is 26.6 Å². The summed E-state index contributed by atoms with van der Waals surface area (Å²) < 4.78 is 14.9. The van der Waals surface area contributed by atoms with Gasteiger partial charge in [-0.1, -0.05) is 0 Å². The maximum atomic E-state index is 13.2. The van der Waals surface area contributed by atoms with E-state index in [1.54, 1.807) is 41.5 Å². The van der Waals surface area contributed by atoms with E-state index in [4.69, 9.17) is 9.47 Å². The third kappa shape index (κ3) is 23.2. The van der Waals surface area contributed by atoms with Crippen molar-refractivity contribution in [1.29, 1.82) is 0 Å². The Labute approximate surface area is 266 Å². The van der Waals surface area contributed by atoms with Crippen LogP contribution >= 0.6 is 0 Å². The van der Waals surface area contributed by atoms with Gasteiger partial charge in [0, 0.05) is 26.4 Å². The minimum atomic E-state index is -1.04. The van der Waals surface area contributed by atoms with E-state index in [0.29, 0.717) is 32.2 Å². The first-order valence-electron chi connectivity index (χ1n) is 15.2. The first-order valence-corrected chi connectivity index (χ1v) is 15.2. The van der Waals surface area contributed by atoms with Crippen LogP contribution in [0.25, 0.3) is 0 Å². The highest BCUT2D eigenvalue weighted by atomic mass is 16.6. The molecule has 0 saturated carbocycles. The minimum Gasteiger partial charge on any atom is -0.469 e. The van der Waals surface area contributed by atoms with Crippen molar-refractivity contribution < 1.29 is 47.8 Å². The zero-order valence-electron chi connectivity index (χ0n) is 28.0. The molecule has 0 radical (unpaired) electrons. The maximum absolute atomic E-state index is 13.2. The van der Waals surface area contributed by atoms with Crippen LogP contribution in [0.5, 0.6) is 0 Å². The summed E-state index contributed by atoms with van der Waals surface area (Å²) in [4.78, 5) is 85.2. The van der Waals surface area contributed by atoms with Gasteiger partial charge in [-0.3, -0.25) is 24.0 Å². The number of unbranched alkanes of at least 4 members (excludes halogenated alkanes) is 2. The van der Waals surface area contributed by atoms with Crippen molar-refractivity contribution in [3.05, 3.63) is 0 Å². The molecule has 0 fully saturated rings. The molecule has 5 N–H and O–H groups in total. The summed E-state index contributed by atoms with van der Waals surface area (Å²) in [6.07, 6.45) is 0.907. The predicted octanol–water partition coefficient (Wildman–Crippen LogP) is 2.00. The van der Waals surface area contributed by atoms with Crippen LogP contribution < -0.4 is 26.6 Å². The number of hydrogen-bond donors (Lipinski definition) is 5. The molecule has 15 heteroatoms. The molecular formula is C30H53N5O10. The van der Waals surface area contributed by atoms with Crippen molar-refractivity contribution in [2.24, 2.45) is 0 Å². The number of esters is 1. The van der Waals surface area contributed by atoms with Crippen LogP contribution in [0.1, 0.15) is 99.8 Å². The van der Waals surface area contributed by atoms with Crippen molar-refractivity contribution in [3.63, 3.8) is 0 Å². The summed E-state index contributed by atoms with van der Waals surface area (Å²) in [5.74, 6) is -2.58. The summed E-state index contributed by atoms with van der Waals surface area (Å²) >= 11 is 0. The van der Waals surface area contributed by atoms with Gasteiger partial charge < -0.3 is 40.8 Å². The summed E-state index contributed by atoms with van der Waals surface area (Å²) in [5.41, 5.74) is -1.28. The Kier molecular flexibility index (Phi) is 19.1. The van der Waals surface area contributed by atoms with Gasteiger partial charge in [0.25, 0.3) is 0 Å². The summed E-state index contributed by atoms with van der Waals surface area (Å²) in [5, 5.41) is 13.0. The molecule has 0 rings (SSSR count). The fourth-order valence-corrected chi connectivity index (χ4v) is 3.75. The number of hydrogen-bond acceptors (Lipinski definition) is 10. The number of Topliss-reactive ketones (excluding diaryl/α,β-unsaturated/α-hetero) is 1. The molecule has 0 aliphatic heterocycles. The van der Waals surface area contributed by atoms with E-state index >= 15 is 0 Å². The number of rotatable bonds is 19. The number of ketones is 1. The Morgan fingerprint density at radius 3 is 1.51 bits per heavy atom. The molecule has 0 heterocycles. The second kappa shape index (κ2) is 20.9. The molecule has 0 saturated heterocycles. The molecular weight excluding hydrogens is 590 g/mol. The number of amides is 5. The van der Waals surface area contributed by atoms with Gasteiger partial charge in [0.1, 0.15) is 23.3 Å². The molecule has 15 nitrogen and oxygen atoms in total. The highest BCUT2D eigenvalue weighted by Crippen LogP contribution is 2.09. The van der Waals surface area contributed by atoms with E-state index in [1.807, 2.05) is 0 Å². The summed E-state index contributed by atoms with van der Waals surface area (Å²) in [7, 11) is 1.21. The molecule has 0 aromatic heterocycles. The monoisotopic (exact) mass is 643 g/mol. The Bertz CT molecular complexity index is 1000. The second-order valence-corrected chi connectivity index (χ2v) is 12.5. The van der Waals surface area contributed by atoms with Crippen molar-refractivity contribution in [2.75, 3.05) is 26.7 Å². The topological polar surface area (TPSA) is 207 Å². The summed E-state index contributed by atoms with van der Waals surface area (Å²) in [6.45, 7) is 12.0. The normalized spacial score (nSPS) is 12.5. The molecule has 0 bridgehead atoms. The lowest BCUT2D eigenvalue weighted by Crippen LogP contribution is -2.54. The Morgan fingerprint density at radius 1 is 0.622 bits per heavy atom. The summed E-state index contributed by atoms with van der Waals surface area (Å²) in [6, 6.07) is -1.99. The van der Waals surface area contributed by atoms with Gasteiger partial charge in [0.2, 0.25) is 17.7 Å². The van der Waals surface area contributed by atoms with Crippen LogP contribution in [-0.4, -0.2) is 91.7 Å². The van der Waals surface area contributed by atoms with E-state index in [2.05, 4.69) is 31.3 Å². The SMILES string of the molecule is COC(=O)CCC(=O)CNC(=O)[C@H](CCCCNC(=O)OC(C)(C)C)NC(=O)[C@H](CCCCNC(=O)OC(C)(C)C)NC(C)=O. The first-order chi connectivity index (χ1) is 20.8. The number of carbonyl (C=O) groups is 7. The molecule has 5 amide bonds. The lowest BCUT2D eigenvalue weighted by Gasteiger charge is -2.23. The first kappa shape index (κ1) is 41.1. The molecule has 0 unspecified atom stereocenters. The molecule has 45 heavy (non-hydrogen) atoms. The third-order valence-electron chi connectivity index (χ3n) is 5.80. The molecule has 0 spiro atoms. The van der Waals surface area contributed by atoms with Crippen LogP contribution in [-0.2, 0) is 38.2 Å².